The van der Waals surface area contributed by atoms with E-state index in [-0.39, 0.29) is 5.41 Å². The van der Waals surface area contributed by atoms with E-state index in [1.165, 1.54) is 93.0 Å². The third-order valence-corrected chi connectivity index (χ3v) is 13.0. The molecule has 0 aromatic heterocycles. The van der Waals surface area contributed by atoms with Crippen molar-refractivity contribution in [3.8, 4) is 33.4 Å². The summed E-state index contributed by atoms with van der Waals surface area (Å²) in [5.41, 5.74) is 14.8. The average molecular weight is 748 g/mol. The number of hydrogen-bond acceptors (Lipinski definition) is 1. The number of allylic oxidation sites excluding steroid dienone is 8. The van der Waals surface area contributed by atoms with Crippen LogP contribution in [-0.2, 0) is 0 Å². The first kappa shape index (κ1) is 35.9. The Bertz CT molecular complexity index is 2700. The largest absolute Gasteiger partial charge is 0.309 e. The van der Waals surface area contributed by atoms with Crippen LogP contribution in [0.25, 0.3) is 49.7 Å². The molecule has 1 saturated carbocycles. The maximum atomic E-state index is 2.52. The maximum Gasteiger partial charge on any atom is 0.0540 e. The SMILES string of the molecule is CC12C=CC=CC1C=CC=C2c1ccc(N(c2ccc(-c3ccccc3)cc2-c2ccccc2)c2ccccc2-c2cccc3cccc(C4CCCCC4)c23)cc1. The molecule has 3 aliphatic rings. The van der Waals surface area contributed by atoms with Gasteiger partial charge in [0, 0.05) is 28.1 Å². The van der Waals surface area contributed by atoms with Crippen LogP contribution in [0.4, 0.5) is 17.1 Å². The first-order valence-corrected chi connectivity index (χ1v) is 21.2. The van der Waals surface area contributed by atoms with Crippen LogP contribution in [0, 0.1) is 11.3 Å². The molecule has 282 valence electrons. The second-order valence-corrected chi connectivity index (χ2v) is 16.5. The highest BCUT2D eigenvalue weighted by Crippen LogP contribution is 2.51. The van der Waals surface area contributed by atoms with Crippen LogP contribution in [0.5, 0.6) is 0 Å². The molecule has 0 heterocycles. The fourth-order valence-electron chi connectivity index (χ4n) is 9.97. The van der Waals surface area contributed by atoms with E-state index in [2.05, 4.69) is 218 Å². The van der Waals surface area contributed by atoms with Gasteiger partial charge in [0.25, 0.3) is 0 Å². The molecular weight excluding hydrogens is 699 g/mol. The summed E-state index contributed by atoms with van der Waals surface area (Å²) < 4.78 is 0. The molecular formula is C57H49N. The second kappa shape index (κ2) is 15.5. The standard InChI is InChI=1S/C57H49N/c1-57-39-14-13-26-47(57)27-17-31-53(57)44-33-36-48(37-34-44)58(55-38-35-46(41-18-5-2-6-19-41)40-52(55)43-22-9-4-10-23-43)54-32-12-11-28-50(54)51-30-16-25-45-24-15-29-49(56(45)51)42-20-7-3-8-21-42/h2,4-6,9-19,22-40,42,47H,3,7-8,20-21H2,1H3. The Labute approximate surface area is 344 Å². The molecule has 2 atom stereocenters. The lowest BCUT2D eigenvalue weighted by molar-refractivity contribution is 0.445. The highest BCUT2D eigenvalue weighted by Gasteiger charge is 2.36. The number of hydrogen-bond donors (Lipinski definition) is 0. The van der Waals surface area contributed by atoms with Gasteiger partial charge in [0.1, 0.15) is 0 Å². The first-order valence-electron chi connectivity index (χ1n) is 21.2. The van der Waals surface area contributed by atoms with Gasteiger partial charge in [0.2, 0.25) is 0 Å². The van der Waals surface area contributed by atoms with E-state index in [9.17, 15) is 0 Å². The summed E-state index contributed by atoms with van der Waals surface area (Å²) in [5.74, 6) is 0.931. The number of rotatable bonds is 8. The van der Waals surface area contributed by atoms with Gasteiger partial charge in [-0.2, -0.15) is 0 Å². The lowest BCUT2D eigenvalue weighted by Gasteiger charge is -2.38. The van der Waals surface area contributed by atoms with Crippen molar-refractivity contribution in [2.75, 3.05) is 4.90 Å². The van der Waals surface area contributed by atoms with Crippen molar-refractivity contribution >= 4 is 33.4 Å². The van der Waals surface area contributed by atoms with Crippen LogP contribution >= 0.6 is 0 Å². The van der Waals surface area contributed by atoms with Crippen LogP contribution in [0.1, 0.15) is 56.1 Å². The van der Waals surface area contributed by atoms with Gasteiger partial charge < -0.3 is 4.90 Å². The van der Waals surface area contributed by atoms with Gasteiger partial charge in [-0.25, -0.2) is 0 Å². The summed E-state index contributed by atoms with van der Waals surface area (Å²) in [7, 11) is 0. The Kier molecular flexibility index (Phi) is 9.59. The predicted molar refractivity (Wildman–Crippen MR) is 248 cm³/mol. The van der Waals surface area contributed by atoms with Gasteiger partial charge in [-0.15, -0.1) is 0 Å². The zero-order chi connectivity index (χ0) is 38.9. The summed E-state index contributed by atoms with van der Waals surface area (Å²) in [6.07, 6.45) is 22.4. The van der Waals surface area contributed by atoms with Crippen LogP contribution < -0.4 is 4.90 Å². The summed E-state index contributed by atoms with van der Waals surface area (Å²) in [4.78, 5) is 2.52. The molecule has 1 nitrogen and oxygen atoms in total. The molecule has 3 aliphatic carbocycles. The normalized spacial score (nSPS) is 18.8. The predicted octanol–water partition coefficient (Wildman–Crippen LogP) is 16.1. The maximum absolute atomic E-state index is 2.52. The number of nitrogens with zero attached hydrogens (tertiary/aromatic N) is 1. The molecule has 58 heavy (non-hydrogen) atoms. The molecule has 10 rings (SSSR count). The third kappa shape index (κ3) is 6.55. The van der Waals surface area contributed by atoms with Gasteiger partial charge in [0.15, 0.2) is 0 Å². The topological polar surface area (TPSA) is 3.24 Å². The van der Waals surface area contributed by atoms with E-state index in [1.807, 2.05) is 0 Å². The molecule has 0 N–H and O–H groups in total. The van der Waals surface area contributed by atoms with Crippen molar-refractivity contribution in [3.63, 3.8) is 0 Å². The molecule has 0 spiro atoms. The molecule has 1 fully saturated rings. The first-order chi connectivity index (χ1) is 28.7. The Morgan fingerprint density at radius 3 is 1.95 bits per heavy atom. The van der Waals surface area contributed by atoms with Gasteiger partial charge in [-0.05, 0) is 98.8 Å². The fourth-order valence-corrected chi connectivity index (χ4v) is 9.97. The van der Waals surface area contributed by atoms with Gasteiger partial charge in [0.05, 0.1) is 11.4 Å². The number of fused-ring (bicyclic) bond motifs is 2. The smallest absolute Gasteiger partial charge is 0.0540 e. The summed E-state index contributed by atoms with van der Waals surface area (Å²) in [5, 5.41) is 2.72. The van der Waals surface area contributed by atoms with Crippen molar-refractivity contribution in [2.24, 2.45) is 11.3 Å². The van der Waals surface area contributed by atoms with E-state index in [0.717, 1.165) is 17.1 Å². The zero-order valence-corrected chi connectivity index (χ0v) is 33.3. The fraction of sp³-hybridized carbons (Fsp3) is 0.158. The summed E-state index contributed by atoms with van der Waals surface area (Å²) >= 11 is 0. The molecule has 0 aliphatic heterocycles. The lowest BCUT2D eigenvalue weighted by Crippen LogP contribution is -2.27. The quantitative estimate of drug-likeness (QED) is 0.150. The molecule has 0 amide bonds. The Balaban J connectivity index is 1.19. The monoisotopic (exact) mass is 747 g/mol. The molecule has 2 unspecified atom stereocenters. The zero-order valence-electron chi connectivity index (χ0n) is 33.3. The lowest BCUT2D eigenvalue weighted by atomic mass is 9.65. The Hall–Kier alpha value is -6.44. The average Bonchev–Trinajstić information content (AvgIpc) is 3.30. The molecule has 7 aromatic carbocycles. The van der Waals surface area contributed by atoms with E-state index in [4.69, 9.17) is 0 Å². The van der Waals surface area contributed by atoms with Crippen LogP contribution in [-0.4, -0.2) is 0 Å². The highest BCUT2D eigenvalue weighted by atomic mass is 15.1. The van der Waals surface area contributed by atoms with Gasteiger partial charge in [-0.3, -0.25) is 0 Å². The van der Waals surface area contributed by atoms with Crippen molar-refractivity contribution in [2.45, 2.75) is 44.9 Å². The molecule has 0 saturated heterocycles. The van der Waals surface area contributed by atoms with E-state index < -0.39 is 0 Å². The minimum Gasteiger partial charge on any atom is -0.309 e. The molecule has 1 heteroatoms. The third-order valence-electron chi connectivity index (χ3n) is 13.0. The molecule has 7 aromatic rings. The van der Waals surface area contributed by atoms with Crippen molar-refractivity contribution < 1.29 is 0 Å². The number of para-hydroxylation sites is 1. The second-order valence-electron chi connectivity index (χ2n) is 16.5. The number of anilines is 3. The minimum atomic E-state index is -0.0878. The molecule has 0 bridgehead atoms. The Morgan fingerprint density at radius 1 is 0.500 bits per heavy atom. The molecule has 0 radical (unpaired) electrons. The van der Waals surface area contributed by atoms with Crippen LogP contribution in [0.3, 0.4) is 0 Å². The van der Waals surface area contributed by atoms with E-state index >= 15 is 0 Å². The van der Waals surface area contributed by atoms with Crippen molar-refractivity contribution in [1.29, 1.82) is 0 Å². The van der Waals surface area contributed by atoms with Crippen LogP contribution in [0.2, 0.25) is 0 Å². The minimum absolute atomic E-state index is 0.0878. The van der Waals surface area contributed by atoms with E-state index in [1.54, 1.807) is 0 Å². The Morgan fingerprint density at radius 2 is 1.16 bits per heavy atom. The van der Waals surface area contributed by atoms with Crippen LogP contribution in [0.15, 0.2) is 206 Å². The van der Waals surface area contributed by atoms with Gasteiger partial charge >= 0.3 is 0 Å². The van der Waals surface area contributed by atoms with Gasteiger partial charge in [-0.1, -0.05) is 202 Å². The summed E-state index contributed by atoms with van der Waals surface area (Å²) in [6, 6.07) is 61.0. The summed E-state index contributed by atoms with van der Waals surface area (Å²) in [6.45, 7) is 2.37. The van der Waals surface area contributed by atoms with Crippen molar-refractivity contribution in [3.05, 3.63) is 217 Å². The number of benzene rings is 7. The van der Waals surface area contributed by atoms with Crippen molar-refractivity contribution in [1.82, 2.24) is 0 Å². The highest BCUT2D eigenvalue weighted by molar-refractivity contribution is 6.04. The van der Waals surface area contributed by atoms with E-state index in [0.29, 0.717) is 11.8 Å².